The minimum atomic E-state index is -0.648. The predicted octanol–water partition coefficient (Wildman–Crippen LogP) is 4.24. The molecule has 1 heteroatoms. The van der Waals surface area contributed by atoms with Gasteiger partial charge >= 0.3 is 0 Å². The summed E-state index contributed by atoms with van der Waals surface area (Å²) in [4.78, 5) is 0. The number of hydrogen-bond acceptors (Lipinski definition) is 1. The van der Waals surface area contributed by atoms with Crippen LogP contribution in [0.2, 0.25) is 0 Å². The van der Waals surface area contributed by atoms with E-state index in [0.717, 1.165) is 24.8 Å². The fraction of sp³-hybridized carbons (Fsp3) is 0.412. The summed E-state index contributed by atoms with van der Waals surface area (Å²) in [5, 5.41) is 13.4. The largest absolute Gasteiger partial charge is 0.385 e. The van der Waals surface area contributed by atoms with E-state index in [1.165, 1.54) is 10.8 Å². The first-order valence-electron chi connectivity index (χ1n) is 6.71. The minimum Gasteiger partial charge on any atom is -0.385 e. The van der Waals surface area contributed by atoms with Gasteiger partial charge in [0.1, 0.15) is 0 Å². The van der Waals surface area contributed by atoms with Gasteiger partial charge in [-0.25, -0.2) is 0 Å². The molecule has 0 spiro atoms. The first-order valence-corrected chi connectivity index (χ1v) is 6.71. The van der Waals surface area contributed by atoms with Crippen molar-refractivity contribution in [1.82, 2.24) is 0 Å². The van der Waals surface area contributed by atoms with Crippen LogP contribution in [0.5, 0.6) is 0 Å². The second-order valence-electron chi connectivity index (χ2n) is 6.40. The average Bonchev–Trinajstić information content (AvgIpc) is 2.64. The summed E-state index contributed by atoms with van der Waals surface area (Å²) < 4.78 is 0. The standard InChI is InChI=1S/C17H20O/c1-16(2)10-11-17(18,12-16)15-9-5-7-13-6-3-4-8-14(13)15/h3-9,18H,10-12H2,1-2H3. The molecule has 1 N–H and O–H groups in total. The van der Waals surface area contributed by atoms with Crippen LogP contribution in [0.15, 0.2) is 42.5 Å². The second-order valence-corrected chi connectivity index (χ2v) is 6.40. The molecule has 0 bridgehead atoms. The molecule has 1 fully saturated rings. The van der Waals surface area contributed by atoms with Gasteiger partial charge in [-0.15, -0.1) is 0 Å². The SMILES string of the molecule is CC1(C)CCC(O)(c2cccc3ccccc23)C1. The molecule has 1 atom stereocenters. The molecule has 0 radical (unpaired) electrons. The first-order chi connectivity index (χ1) is 8.50. The Balaban J connectivity index is 2.15. The van der Waals surface area contributed by atoms with Gasteiger partial charge in [-0.3, -0.25) is 0 Å². The highest BCUT2D eigenvalue weighted by molar-refractivity contribution is 5.86. The number of aliphatic hydroxyl groups is 1. The van der Waals surface area contributed by atoms with Crippen LogP contribution >= 0.6 is 0 Å². The Labute approximate surface area is 108 Å². The lowest BCUT2D eigenvalue weighted by Crippen LogP contribution is -2.23. The van der Waals surface area contributed by atoms with Gasteiger partial charge in [0.05, 0.1) is 5.60 Å². The third-order valence-electron chi connectivity index (χ3n) is 4.28. The van der Waals surface area contributed by atoms with E-state index in [0.29, 0.717) is 0 Å². The molecule has 0 amide bonds. The van der Waals surface area contributed by atoms with Crippen LogP contribution in [0, 0.1) is 5.41 Å². The van der Waals surface area contributed by atoms with Crippen LogP contribution in [-0.2, 0) is 5.60 Å². The molecule has 1 saturated carbocycles. The van der Waals surface area contributed by atoms with Crippen LogP contribution < -0.4 is 0 Å². The molecule has 1 aliphatic rings. The van der Waals surface area contributed by atoms with Crippen molar-refractivity contribution in [2.45, 2.75) is 38.7 Å². The van der Waals surface area contributed by atoms with Gasteiger partial charge in [0.15, 0.2) is 0 Å². The van der Waals surface area contributed by atoms with Crippen molar-refractivity contribution < 1.29 is 5.11 Å². The number of benzene rings is 2. The van der Waals surface area contributed by atoms with Crippen molar-refractivity contribution in [3.63, 3.8) is 0 Å². The molecular weight excluding hydrogens is 220 g/mol. The van der Waals surface area contributed by atoms with Crippen molar-refractivity contribution >= 4 is 10.8 Å². The van der Waals surface area contributed by atoms with E-state index >= 15 is 0 Å². The second kappa shape index (κ2) is 3.83. The summed E-state index contributed by atoms with van der Waals surface area (Å²) in [5.74, 6) is 0. The van der Waals surface area contributed by atoms with Crippen LogP contribution in [-0.4, -0.2) is 5.11 Å². The lowest BCUT2D eigenvalue weighted by molar-refractivity contribution is 0.0353. The zero-order valence-electron chi connectivity index (χ0n) is 11.1. The predicted molar refractivity (Wildman–Crippen MR) is 75.5 cm³/mol. The molecule has 1 nitrogen and oxygen atoms in total. The van der Waals surface area contributed by atoms with E-state index in [1.807, 2.05) is 0 Å². The average molecular weight is 240 g/mol. The third-order valence-corrected chi connectivity index (χ3v) is 4.28. The summed E-state index contributed by atoms with van der Waals surface area (Å²) in [6.07, 6.45) is 2.81. The molecule has 0 aliphatic heterocycles. The summed E-state index contributed by atoms with van der Waals surface area (Å²) in [7, 11) is 0. The Morgan fingerprint density at radius 1 is 0.944 bits per heavy atom. The highest BCUT2D eigenvalue weighted by Gasteiger charge is 2.43. The molecule has 2 aromatic carbocycles. The Morgan fingerprint density at radius 3 is 2.39 bits per heavy atom. The van der Waals surface area contributed by atoms with Crippen LogP contribution in [0.4, 0.5) is 0 Å². The Kier molecular flexibility index (Phi) is 2.49. The zero-order chi connectivity index (χ0) is 12.8. The molecule has 1 aliphatic carbocycles. The maximum Gasteiger partial charge on any atom is 0.0907 e. The fourth-order valence-corrected chi connectivity index (χ4v) is 3.37. The Hall–Kier alpha value is -1.34. The summed E-state index contributed by atoms with van der Waals surface area (Å²) in [6, 6.07) is 14.6. The van der Waals surface area contributed by atoms with Gasteiger partial charge in [-0.1, -0.05) is 56.3 Å². The smallest absolute Gasteiger partial charge is 0.0907 e. The summed E-state index contributed by atoms with van der Waals surface area (Å²) in [6.45, 7) is 4.49. The first kappa shape index (κ1) is 11.7. The Morgan fingerprint density at radius 2 is 1.67 bits per heavy atom. The van der Waals surface area contributed by atoms with Gasteiger partial charge in [-0.2, -0.15) is 0 Å². The molecule has 3 rings (SSSR count). The molecule has 1 unspecified atom stereocenters. The molecule has 0 heterocycles. The lowest BCUT2D eigenvalue weighted by atomic mass is 9.84. The summed E-state index contributed by atoms with van der Waals surface area (Å²) in [5.41, 5.74) is 0.696. The molecule has 18 heavy (non-hydrogen) atoms. The van der Waals surface area contributed by atoms with Crippen molar-refractivity contribution in [1.29, 1.82) is 0 Å². The topological polar surface area (TPSA) is 20.2 Å². The summed E-state index contributed by atoms with van der Waals surface area (Å²) >= 11 is 0. The van der Waals surface area contributed by atoms with Crippen LogP contribution in [0.3, 0.4) is 0 Å². The van der Waals surface area contributed by atoms with Gasteiger partial charge in [0, 0.05) is 0 Å². The quantitative estimate of drug-likeness (QED) is 0.790. The molecular formula is C17H20O. The van der Waals surface area contributed by atoms with Gasteiger partial charge in [0.25, 0.3) is 0 Å². The van der Waals surface area contributed by atoms with Crippen molar-refractivity contribution in [3.05, 3.63) is 48.0 Å². The number of rotatable bonds is 1. The molecule has 94 valence electrons. The highest BCUT2D eigenvalue weighted by Crippen LogP contribution is 2.50. The highest BCUT2D eigenvalue weighted by atomic mass is 16.3. The van der Waals surface area contributed by atoms with Gasteiger partial charge < -0.3 is 5.11 Å². The zero-order valence-corrected chi connectivity index (χ0v) is 11.1. The van der Waals surface area contributed by atoms with E-state index in [-0.39, 0.29) is 5.41 Å². The Bertz CT molecular complexity index is 580. The third kappa shape index (κ3) is 1.83. The van der Waals surface area contributed by atoms with E-state index in [4.69, 9.17) is 0 Å². The maximum absolute atomic E-state index is 11.0. The lowest BCUT2D eigenvalue weighted by Gasteiger charge is -2.27. The minimum absolute atomic E-state index is 0.242. The van der Waals surface area contributed by atoms with E-state index in [1.54, 1.807) is 0 Å². The molecule has 0 aromatic heterocycles. The molecule has 2 aromatic rings. The van der Waals surface area contributed by atoms with E-state index < -0.39 is 5.60 Å². The number of hydrogen-bond donors (Lipinski definition) is 1. The fourth-order valence-electron chi connectivity index (χ4n) is 3.37. The van der Waals surface area contributed by atoms with Crippen molar-refractivity contribution in [2.75, 3.05) is 0 Å². The number of fused-ring (bicyclic) bond motifs is 1. The van der Waals surface area contributed by atoms with Gasteiger partial charge in [-0.05, 0) is 41.0 Å². The van der Waals surface area contributed by atoms with Gasteiger partial charge in [0.2, 0.25) is 0 Å². The van der Waals surface area contributed by atoms with Crippen molar-refractivity contribution in [3.8, 4) is 0 Å². The van der Waals surface area contributed by atoms with Crippen LogP contribution in [0.25, 0.3) is 10.8 Å². The molecule has 0 saturated heterocycles. The van der Waals surface area contributed by atoms with Crippen molar-refractivity contribution in [2.24, 2.45) is 5.41 Å². The monoisotopic (exact) mass is 240 g/mol. The maximum atomic E-state index is 11.0. The van der Waals surface area contributed by atoms with E-state index in [9.17, 15) is 5.11 Å². The van der Waals surface area contributed by atoms with Crippen LogP contribution in [0.1, 0.15) is 38.7 Å². The normalized spacial score (nSPS) is 26.6. The van der Waals surface area contributed by atoms with E-state index in [2.05, 4.69) is 56.3 Å².